The first-order chi connectivity index (χ1) is 14.9. The summed E-state index contributed by atoms with van der Waals surface area (Å²) in [6, 6.07) is 0. The van der Waals surface area contributed by atoms with Crippen LogP contribution in [0.1, 0.15) is 74.9 Å². The zero-order valence-electron chi connectivity index (χ0n) is 21.5. The van der Waals surface area contributed by atoms with Gasteiger partial charge in [-0.15, -0.1) is 0 Å². The van der Waals surface area contributed by atoms with Gasteiger partial charge in [0.2, 0.25) is 0 Å². The van der Waals surface area contributed by atoms with Crippen molar-refractivity contribution in [3.05, 3.63) is 11.9 Å². The van der Waals surface area contributed by atoms with Gasteiger partial charge in [-0.05, 0) is 69.2 Å². The number of hydrogen-bond donors (Lipinski definition) is 1. The highest BCUT2D eigenvalue weighted by Gasteiger charge is 2.53. The van der Waals surface area contributed by atoms with Crippen molar-refractivity contribution in [3.8, 4) is 0 Å². The molecule has 2 heterocycles. The standard InChI is InChI=1S/C22H38BN3O7/c1-19(2,3)30-17(27)24-11-12-29-14-16-15(23-32-21(7,8)22(9,10)33-23)13-26(25-16)18(28)31-20(4,5)6/h13H,11-12,14H2,1-10H3,(H,24,27). The fourth-order valence-corrected chi connectivity index (χ4v) is 2.81. The molecule has 1 fully saturated rings. The van der Waals surface area contributed by atoms with Gasteiger partial charge in [0, 0.05) is 18.2 Å². The lowest BCUT2D eigenvalue weighted by Gasteiger charge is -2.32. The summed E-state index contributed by atoms with van der Waals surface area (Å²) in [7, 11) is -0.718. The Labute approximate surface area is 196 Å². The summed E-state index contributed by atoms with van der Waals surface area (Å²) < 4.78 is 29.7. The van der Waals surface area contributed by atoms with Crippen molar-refractivity contribution in [2.75, 3.05) is 13.2 Å². The van der Waals surface area contributed by atoms with E-state index in [9.17, 15) is 9.59 Å². The molecule has 1 N–H and O–H groups in total. The van der Waals surface area contributed by atoms with E-state index in [1.54, 1.807) is 47.7 Å². The lowest BCUT2D eigenvalue weighted by molar-refractivity contribution is 0.00578. The average molecular weight is 467 g/mol. The summed E-state index contributed by atoms with van der Waals surface area (Å²) in [4.78, 5) is 24.3. The summed E-state index contributed by atoms with van der Waals surface area (Å²) >= 11 is 0. The molecule has 11 heteroatoms. The highest BCUT2D eigenvalue weighted by Crippen LogP contribution is 2.36. The van der Waals surface area contributed by atoms with Gasteiger partial charge in [0.05, 0.1) is 30.1 Å². The zero-order chi connectivity index (χ0) is 25.2. The fourth-order valence-electron chi connectivity index (χ4n) is 2.81. The maximum absolute atomic E-state index is 12.6. The molecule has 1 amide bonds. The second-order valence-corrected chi connectivity index (χ2v) is 11.0. The van der Waals surface area contributed by atoms with Crippen LogP contribution in [0.5, 0.6) is 0 Å². The van der Waals surface area contributed by atoms with Gasteiger partial charge in [0.15, 0.2) is 0 Å². The summed E-state index contributed by atoms with van der Waals surface area (Å²) in [5.74, 6) is 0. The van der Waals surface area contributed by atoms with E-state index in [-0.39, 0.29) is 19.8 Å². The molecule has 1 saturated heterocycles. The molecule has 0 aromatic carbocycles. The molecule has 186 valence electrons. The van der Waals surface area contributed by atoms with E-state index in [1.165, 1.54) is 0 Å². The molecule has 1 aromatic heterocycles. The number of rotatable bonds is 6. The van der Waals surface area contributed by atoms with E-state index in [2.05, 4.69) is 10.4 Å². The molecule has 0 unspecified atom stereocenters. The molecule has 0 spiro atoms. The second-order valence-electron chi connectivity index (χ2n) is 11.0. The third-order valence-electron chi connectivity index (χ3n) is 5.06. The molecule has 2 rings (SSSR count). The van der Waals surface area contributed by atoms with E-state index in [0.29, 0.717) is 11.2 Å². The summed E-state index contributed by atoms with van der Waals surface area (Å²) in [6.07, 6.45) is 0.421. The third kappa shape index (κ3) is 7.72. The van der Waals surface area contributed by atoms with Crippen LogP contribution in [0.4, 0.5) is 9.59 Å². The van der Waals surface area contributed by atoms with E-state index in [1.807, 2.05) is 27.7 Å². The molecule has 1 aliphatic rings. The Bertz CT molecular complexity index is 837. The number of alkyl carbamates (subject to hydrolysis) is 1. The van der Waals surface area contributed by atoms with Gasteiger partial charge in [-0.25, -0.2) is 9.59 Å². The highest BCUT2D eigenvalue weighted by atomic mass is 16.7. The van der Waals surface area contributed by atoms with Crippen molar-refractivity contribution in [3.63, 3.8) is 0 Å². The quantitative estimate of drug-likeness (QED) is 0.502. The molecule has 0 atom stereocenters. The van der Waals surface area contributed by atoms with E-state index in [4.69, 9.17) is 23.5 Å². The van der Waals surface area contributed by atoms with Crippen molar-refractivity contribution in [2.45, 2.75) is 98.2 Å². The third-order valence-corrected chi connectivity index (χ3v) is 5.06. The maximum atomic E-state index is 12.6. The van der Waals surface area contributed by atoms with Crippen molar-refractivity contribution >= 4 is 24.8 Å². The number of nitrogens with zero attached hydrogens (tertiary/aromatic N) is 2. The second kappa shape index (κ2) is 9.64. The molecule has 1 aliphatic heterocycles. The van der Waals surface area contributed by atoms with Crippen LogP contribution >= 0.6 is 0 Å². The number of ether oxygens (including phenoxy) is 3. The first-order valence-corrected chi connectivity index (χ1v) is 11.1. The van der Waals surface area contributed by atoms with Crippen LogP contribution in [0.25, 0.3) is 0 Å². The Morgan fingerprint density at radius 1 is 1.03 bits per heavy atom. The lowest BCUT2D eigenvalue weighted by Crippen LogP contribution is -2.41. The first kappa shape index (κ1) is 27.1. The predicted molar refractivity (Wildman–Crippen MR) is 123 cm³/mol. The molecule has 0 bridgehead atoms. The number of aromatic nitrogens is 2. The molecule has 10 nitrogen and oxygen atoms in total. The summed E-state index contributed by atoms with van der Waals surface area (Å²) in [6.45, 7) is 19.1. The van der Waals surface area contributed by atoms with Gasteiger partial charge in [0.1, 0.15) is 11.2 Å². The Morgan fingerprint density at radius 2 is 1.58 bits per heavy atom. The average Bonchev–Trinajstić information content (AvgIpc) is 3.10. The largest absolute Gasteiger partial charge is 0.498 e. The Kier molecular flexibility index (Phi) is 7.93. The van der Waals surface area contributed by atoms with Gasteiger partial charge in [-0.1, -0.05) is 0 Å². The monoisotopic (exact) mass is 467 g/mol. The number of hydrogen-bond acceptors (Lipinski definition) is 8. The number of carbonyl (C=O) groups is 2. The highest BCUT2D eigenvalue weighted by molar-refractivity contribution is 6.62. The van der Waals surface area contributed by atoms with E-state index in [0.717, 1.165) is 4.68 Å². The summed E-state index contributed by atoms with van der Waals surface area (Å²) in [5.41, 5.74) is -1.28. The van der Waals surface area contributed by atoms with Crippen molar-refractivity contribution < 1.29 is 33.1 Å². The van der Waals surface area contributed by atoms with E-state index >= 15 is 0 Å². The van der Waals surface area contributed by atoms with Crippen LogP contribution < -0.4 is 10.8 Å². The summed E-state index contributed by atoms with van der Waals surface area (Å²) in [5, 5.41) is 6.99. The Hall–Kier alpha value is -2.11. The number of nitrogens with one attached hydrogen (secondary N) is 1. The predicted octanol–water partition coefficient (Wildman–Crippen LogP) is 3.01. The molecule has 33 heavy (non-hydrogen) atoms. The number of amides is 1. The minimum Gasteiger partial charge on any atom is -0.444 e. The van der Waals surface area contributed by atoms with Gasteiger partial charge < -0.3 is 28.8 Å². The fraction of sp³-hybridized carbons (Fsp3) is 0.773. The lowest BCUT2D eigenvalue weighted by atomic mass is 9.79. The van der Waals surface area contributed by atoms with Crippen LogP contribution in [-0.4, -0.2) is 64.6 Å². The molecular weight excluding hydrogens is 429 g/mol. The van der Waals surface area contributed by atoms with E-state index < -0.39 is 41.7 Å². The minimum atomic E-state index is -0.718. The Balaban J connectivity index is 2.09. The van der Waals surface area contributed by atoms with Gasteiger partial charge >= 0.3 is 19.3 Å². The molecule has 0 radical (unpaired) electrons. The van der Waals surface area contributed by atoms with Gasteiger partial charge in [-0.3, -0.25) is 0 Å². The minimum absolute atomic E-state index is 0.0885. The first-order valence-electron chi connectivity index (χ1n) is 11.1. The van der Waals surface area contributed by atoms with Crippen molar-refractivity contribution in [2.24, 2.45) is 0 Å². The SMILES string of the molecule is CC(C)(C)OC(=O)NCCOCc1nn(C(=O)OC(C)(C)C)cc1B1OC(C)(C)C(C)(C)O1. The van der Waals surface area contributed by atoms with Crippen LogP contribution in [0.15, 0.2) is 6.20 Å². The van der Waals surface area contributed by atoms with Crippen LogP contribution in [0, 0.1) is 0 Å². The molecule has 0 saturated carbocycles. The Morgan fingerprint density at radius 3 is 2.09 bits per heavy atom. The number of carbonyl (C=O) groups excluding carboxylic acids is 2. The smallest absolute Gasteiger partial charge is 0.444 e. The van der Waals surface area contributed by atoms with Crippen molar-refractivity contribution in [1.82, 2.24) is 15.1 Å². The van der Waals surface area contributed by atoms with Crippen LogP contribution in [0.2, 0.25) is 0 Å². The molecule has 1 aromatic rings. The maximum Gasteiger partial charge on any atom is 0.498 e. The van der Waals surface area contributed by atoms with Crippen LogP contribution in [0.3, 0.4) is 0 Å². The van der Waals surface area contributed by atoms with Crippen molar-refractivity contribution in [1.29, 1.82) is 0 Å². The van der Waals surface area contributed by atoms with Gasteiger partial charge in [0.25, 0.3) is 0 Å². The van der Waals surface area contributed by atoms with Gasteiger partial charge in [-0.2, -0.15) is 9.78 Å². The van der Waals surface area contributed by atoms with Crippen LogP contribution in [-0.2, 0) is 30.1 Å². The zero-order valence-corrected chi connectivity index (χ0v) is 21.5. The molecule has 0 aliphatic carbocycles. The normalized spacial score (nSPS) is 17.7. The molecular formula is C22H38BN3O7. The topological polar surface area (TPSA) is 110 Å².